The van der Waals surface area contributed by atoms with E-state index in [-0.39, 0.29) is 5.91 Å². The van der Waals surface area contributed by atoms with Gasteiger partial charge in [-0.3, -0.25) is 9.78 Å². The number of nitrogens with zero attached hydrogens (tertiary/aromatic N) is 5. The fourth-order valence-corrected chi connectivity index (χ4v) is 4.06. The van der Waals surface area contributed by atoms with Gasteiger partial charge in [0.1, 0.15) is 5.69 Å². The summed E-state index contributed by atoms with van der Waals surface area (Å²) in [5.74, 6) is 1.56. The van der Waals surface area contributed by atoms with E-state index >= 15 is 0 Å². The van der Waals surface area contributed by atoms with Crippen LogP contribution >= 0.6 is 0 Å². The van der Waals surface area contributed by atoms with E-state index < -0.39 is 0 Å². The van der Waals surface area contributed by atoms with E-state index in [0.717, 1.165) is 42.6 Å². The molecule has 0 N–H and O–H groups in total. The molecule has 0 atom stereocenters. The summed E-state index contributed by atoms with van der Waals surface area (Å²) in [5.41, 5.74) is 3.59. The lowest BCUT2D eigenvalue weighted by atomic mass is 9.93. The molecule has 7 nitrogen and oxygen atoms in total. The highest BCUT2D eigenvalue weighted by Crippen LogP contribution is 2.24. The van der Waals surface area contributed by atoms with Gasteiger partial charge in [0.2, 0.25) is 11.7 Å². The van der Waals surface area contributed by atoms with Crippen LogP contribution in [0.1, 0.15) is 29.1 Å². The molecule has 2 aromatic heterocycles. The van der Waals surface area contributed by atoms with Gasteiger partial charge in [0, 0.05) is 37.5 Å². The van der Waals surface area contributed by atoms with Crippen LogP contribution in [-0.2, 0) is 6.42 Å². The molecule has 0 saturated carbocycles. The highest BCUT2D eigenvalue weighted by atomic mass is 16.5. The van der Waals surface area contributed by atoms with Crippen LogP contribution in [0.15, 0.2) is 77.7 Å². The molecule has 0 aliphatic carbocycles. The molecule has 2 aromatic carbocycles. The maximum atomic E-state index is 12.9. The number of benzene rings is 2. The Morgan fingerprint density at radius 1 is 0.969 bits per heavy atom. The zero-order valence-electron chi connectivity index (χ0n) is 17.6. The molecule has 0 spiro atoms. The lowest BCUT2D eigenvalue weighted by Gasteiger charge is -2.31. The molecule has 1 amide bonds. The minimum absolute atomic E-state index is 0.0887. The second-order valence-electron chi connectivity index (χ2n) is 7.99. The van der Waals surface area contributed by atoms with Crippen molar-refractivity contribution in [2.45, 2.75) is 19.3 Å². The Morgan fingerprint density at radius 3 is 2.44 bits per heavy atom. The quantitative estimate of drug-likeness (QED) is 0.474. The summed E-state index contributed by atoms with van der Waals surface area (Å²) < 4.78 is 5.40. The summed E-state index contributed by atoms with van der Waals surface area (Å²) >= 11 is 0. The molecule has 5 rings (SSSR count). The van der Waals surface area contributed by atoms with E-state index in [0.29, 0.717) is 29.7 Å². The first-order chi connectivity index (χ1) is 15.8. The third-order valence-electron chi connectivity index (χ3n) is 5.86. The molecular formula is C25H23N5O2. The Labute approximate surface area is 186 Å². The summed E-state index contributed by atoms with van der Waals surface area (Å²) in [4.78, 5) is 27.6. The molecule has 1 aliphatic heterocycles. The van der Waals surface area contributed by atoms with Crippen molar-refractivity contribution in [3.63, 3.8) is 0 Å². The van der Waals surface area contributed by atoms with Gasteiger partial charge < -0.3 is 9.42 Å². The average molecular weight is 425 g/mol. The highest BCUT2D eigenvalue weighted by Gasteiger charge is 2.25. The predicted octanol–water partition coefficient (Wildman–Crippen LogP) is 4.29. The number of likely N-dealkylation sites (tertiary alicyclic amines) is 1. The third-order valence-corrected chi connectivity index (χ3v) is 5.86. The Hall–Kier alpha value is -3.87. The van der Waals surface area contributed by atoms with E-state index in [2.05, 4.69) is 32.2 Å². The smallest absolute Gasteiger partial charge is 0.253 e. The second-order valence-corrected chi connectivity index (χ2v) is 7.99. The lowest BCUT2D eigenvalue weighted by molar-refractivity contribution is 0.0687. The van der Waals surface area contributed by atoms with E-state index in [4.69, 9.17) is 4.52 Å². The molecule has 1 saturated heterocycles. The Bertz CT molecular complexity index is 1170. The fourth-order valence-electron chi connectivity index (χ4n) is 4.06. The van der Waals surface area contributed by atoms with Crippen LogP contribution in [0.3, 0.4) is 0 Å². The Balaban J connectivity index is 1.16. The molecule has 32 heavy (non-hydrogen) atoms. The minimum atomic E-state index is 0.0887. The lowest BCUT2D eigenvalue weighted by Crippen LogP contribution is -2.38. The molecular weight excluding hydrogens is 402 g/mol. The van der Waals surface area contributed by atoms with Crippen LogP contribution in [0.2, 0.25) is 0 Å². The number of hydrogen-bond donors (Lipinski definition) is 0. The maximum absolute atomic E-state index is 12.9. The Morgan fingerprint density at radius 2 is 1.72 bits per heavy atom. The monoisotopic (exact) mass is 425 g/mol. The van der Waals surface area contributed by atoms with E-state index in [9.17, 15) is 4.79 Å². The van der Waals surface area contributed by atoms with Crippen LogP contribution in [0.4, 0.5) is 0 Å². The number of aromatic nitrogens is 4. The summed E-state index contributed by atoms with van der Waals surface area (Å²) in [6.07, 6.45) is 7.37. The summed E-state index contributed by atoms with van der Waals surface area (Å²) in [5, 5.41) is 4.01. The molecule has 1 aliphatic rings. The van der Waals surface area contributed by atoms with Crippen LogP contribution in [0.5, 0.6) is 0 Å². The Kier molecular flexibility index (Phi) is 5.70. The SMILES string of the molecule is O=C(c1ccc(-c2ccccc2)cc1)N1CCC(Cc2nc(-c3cnccn3)no2)CC1. The van der Waals surface area contributed by atoms with Gasteiger partial charge in [0.25, 0.3) is 5.91 Å². The molecule has 1 fully saturated rings. The maximum Gasteiger partial charge on any atom is 0.253 e. The number of rotatable bonds is 5. The molecule has 0 radical (unpaired) electrons. The van der Waals surface area contributed by atoms with E-state index in [1.165, 1.54) is 0 Å². The van der Waals surface area contributed by atoms with Gasteiger partial charge in [-0.15, -0.1) is 0 Å². The minimum Gasteiger partial charge on any atom is -0.339 e. The van der Waals surface area contributed by atoms with Crippen molar-refractivity contribution in [1.82, 2.24) is 25.0 Å². The number of piperidine rings is 1. The third kappa shape index (κ3) is 4.42. The van der Waals surface area contributed by atoms with Gasteiger partial charge in [0.05, 0.1) is 6.20 Å². The van der Waals surface area contributed by atoms with Gasteiger partial charge in [-0.05, 0) is 42.0 Å². The van der Waals surface area contributed by atoms with Crippen molar-refractivity contribution in [2.24, 2.45) is 5.92 Å². The average Bonchev–Trinajstić information content (AvgIpc) is 3.34. The molecule has 160 valence electrons. The van der Waals surface area contributed by atoms with Gasteiger partial charge >= 0.3 is 0 Å². The summed E-state index contributed by atoms with van der Waals surface area (Å²) in [6.45, 7) is 1.46. The van der Waals surface area contributed by atoms with E-state index in [1.54, 1.807) is 18.6 Å². The van der Waals surface area contributed by atoms with Crippen molar-refractivity contribution < 1.29 is 9.32 Å². The number of hydrogen-bond acceptors (Lipinski definition) is 6. The standard InChI is InChI=1S/C25H23N5O2/c31-25(21-8-6-20(7-9-21)19-4-2-1-3-5-19)30-14-10-18(11-15-30)16-23-28-24(29-32-23)22-17-26-12-13-27-22/h1-9,12-13,17-18H,10-11,14-16H2. The normalized spacial score (nSPS) is 14.4. The number of carbonyl (C=O) groups is 1. The van der Waals surface area contributed by atoms with Crippen molar-refractivity contribution in [3.8, 4) is 22.6 Å². The van der Waals surface area contributed by atoms with Crippen molar-refractivity contribution in [1.29, 1.82) is 0 Å². The van der Waals surface area contributed by atoms with Gasteiger partial charge in [0.15, 0.2) is 0 Å². The zero-order valence-corrected chi connectivity index (χ0v) is 17.6. The van der Waals surface area contributed by atoms with Crippen molar-refractivity contribution in [3.05, 3.63) is 84.6 Å². The summed E-state index contributed by atoms with van der Waals surface area (Å²) in [7, 11) is 0. The van der Waals surface area contributed by atoms with Gasteiger partial charge in [-0.25, -0.2) is 4.98 Å². The van der Waals surface area contributed by atoms with E-state index in [1.807, 2.05) is 47.4 Å². The predicted molar refractivity (Wildman–Crippen MR) is 120 cm³/mol. The van der Waals surface area contributed by atoms with Crippen molar-refractivity contribution >= 4 is 5.91 Å². The largest absolute Gasteiger partial charge is 0.339 e. The first-order valence-corrected chi connectivity index (χ1v) is 10.8. The van der Waals surface area contributed by atoms with Crippen molar-refractivity contribution in [2.75, 3.05) is 13.1 Å². The van der Waals surface area contributed by atoms with Gasteiger partial charge in [-0.2, -0.15) is 4.98 Å². The zero-order chi connectivity index (χ0) is 21.8. The molecule has 4 aromatic rings. The number of carbonyl (C=O) groups excluding carboxylic acids is 1. The van der Waals surface area contributed by atoms with Gasteiger partial charge in [-0.1, -0.05) is 47.6 Å². The second kappa shape index (κ2) is 9.09. The molecule has 3 heterocycles. The highest BCUT2D eigenvalue weighted by molar-refractivity contribution is 5.94. The van der Waals surface area contributed by atoms with Crippen LogP contribution in [0, 0.1) is 5.92 Å². The number of amides is 1. The van der Waals surface area contributed by atoms with Crippen LogP contribution in [0.25, 0.3) is 22.6 Å². The molecule has 0 bridgehead atoms. The molecule has 0 unspecified atom stereocenters. The topological polar surface area (TPSA) is 85.0 Å². The first-order valence-electron chi connectivity index (χ1n) is 10.8. The van der Waals surface area contributed by atoms with Crippen LogP contribution in [-0.4, -0.2) is 44.0 Å². The fraction of sp³-hybridized carbons (Fsp3) is 0.240. The first kappa shape index (κ1) is 20.1. The van der Waals surface area contributed by atoms with Crippen LogP contribution < -0.4 is 0 Å². The molecule has 7 heteroatoms. The summed E-state index contributed by atoms with van der Waals surface area (Å²) in [6, 6.07) is 18.0.